The minimum absolute atomic E-state index is 0.00243. The number of nitrogens with zero attached hydrogens (tertiary/aromatic N) is 2. The number of likely N-dealkylation sites (N-methyl/N-ethyl adjacent to an activating group) is 1. The number of fused-ring (bicyclic) bond motifs is 6. The van der Waals surface area contributed by atoms with Gasteiger partial charge in [-0.2, -0.15) is 4.58 Å². The second-order valence-corrected chi connectivity index (χ2v) is 20.8. The number of allylic oxidation sites excluding steroid dienone is 8. The van der Waals surface area contributed by atoms with E-state index >= 15 is 0 Å². The summed E-state index contributed by atoms with van der Waals surface area (Å²) in [6.45, 7) is 7.33. The molecule has 342 valence electrons. The highest BCUT2D eigenvalue weighted by atomic mass is 32.2. The van der Waals surface area contributed by atoms with Crippen molar-refractivity contribution in [3.63, 3.8) is 0 Å². The van der Waals surface area contributed by atoms with Crippen LogP contribution < -0.4 is 4.90 Å². The maximum atomic E-state index is 12.5. The predicted molar refractivity (Wildman–Crippen MR) is 243 cm³/mol. The standard InChI is InChI=1S/C47H54N2O12S3/c1-5-48-38-24-22-33-17-13-14-18-35(33)44(38)46(2,26-16-30-62(52,53)54)41(48)19-10-7-6-8-11-20-42-47(3,27-29-61-4)45-37-31-34(63(55,56)57)32-40(64(58,59)60)36(37)23-25-39(45)49(42)28-15-9-12-21-43(50)51/h6-8,10-11,13-14,17-20,22-25,31-32H,5,9,12,15-16,21,26-30H2,1-4H3,(H3-,50,51,52,53,54,55,56,57,58,59,60)/p-2. The van der Waals surface area contributed by atoms with Gasteiger partial charge in [0.15, 0.2) is 5.71 Å². The molecule has 0 bridgehead atoms. The van der Waals surface area contributed by atoms with E-state index in [9.17, 15) is 48.8 Å². The van der Waals surface area contributed by atoms with Gasteiger partial charge >= 0.3 is 5.97 Å². The third-order valence-corrected chi connectivity index (χ3v) is 14.8. The Morgan fingerprint density at radius 2 is 1.50 bits per heavy atom. The molecule has 0 amide bonds. The molecular weight excluding hydrogens is 881 g/mol. The lowest BCUT2D eigenvalue weighted by molar-refractivity contribution is -0.438. The van der Waals surface area contributed by atoms with E-state index in [1.807, 2.05) is 79.2 Å². The maximum absolute atomic E-state index is 12.5. The van der Waals surface area contributed by atoms with Gasteiger partial charge in [-0.05, 0) is 105 Å². The van der Waals surface area contributed by atoms with Gasteiger partial charge in [-0.1, -0.05) is 60.7 Å². The SMILES string of the molecule is CCN1/C(=C/C=C/C=C/C=C/C2=[N+](CCCCCC(=O)O)c3ccc4c(S(=O)(=O)[O-])cc(S(=O)(=O)[O-])cc4c3C2(C)CCOC)C(C)(CCCS(=O)(=O)[O-])c2c1ccc1ccccc21. The zero-order valence-corrected chi connectivity index (χ0v) is 38.6. The summed E-state index contributed by atoms with van der Waals surface area (Å²) >= 11 is 0. The summed E-state index contributed by atoms with van der Waals surface area (Å²) in [6, 6.07) is 17.0. The molecule has 0 aromatic heterocycles. The summed E-state index contributed by atoms with van der Waals surface area (Å²) in [5.74, 6) is -1.37. The van der Waals surface area contributed by atoms with Crippen molar-refractivity contribution in [3.8, 4) is 0 Å². The van der Waals surface area contributed by atoms with E-state index in [2.05, 4.69) is 30.0 Å². The van der Waals surface area contributed by atoms with Crippen LogP contribution in [0, 0.1) is 0 Å². The first-order chi connectivity index (χ1) is 30.2. The number of unbranched alkanes of at least 4 members (excludes halogenated alkanes) is 2. The van der Waals surface area contributed by atoms with Crippen LogP contribution in [0.5, 0.6) is 0 Å². The minimum atomic E-state index is -5.23. The molecule has 2 heterocycles. The van der Waals surface area contributed by atoms with Crippen LogP contribution in [-0.4, -0.2) is 92.8 Å². The van der Waals surface area contributed by atoms with Crippen molar-refractivity contribution in [2.45, 2.75) is 86.3 Å². The van der Waals surface area contributed by atoms with E-state index in [0.717, 1.165) is 39.5 Å². The summed E-state index contributed by atoms with van der Waals surface area (Å²) in [5, 5.41) is 11.4. The number of aliphatic carboxylic acids is 1. The summed E-state index contributed by atoms with van der Waals surface area (Å²) in [6.07, 6.45) is 15.7. The number of carbonyl (C=O) groups is 1. The molecule has 64 heavy (non-hydrogen) atoms. The molecule has 2 atom stereocenters. The lowest BCUT2D eigenvalue weighted by Gasteiger charge is -2.30. The lowest BCUT2D eigenvalue weighted by Crippen LogP contribution is -2.33. The van der Waals surface area contributed by atoms with E-state index in [0.29, 0.717) is 62.5 Å². The molecule has 4 aromatic carbocycles. The fourth-order valence-electron chi connectivity index (χ4n) is 9.45. The van der Waals surface area contributed by atoms with Crippen molar-refractivity contribution in [3.05, 3.63) is 120 Å². The van der Waals surface area contributed by atoms with Crippen molar-refractivity contribution < 1.29 is 58.1 Å². The Labute approximate surface area is 375 Å². The fraction of sp³-hybridized carbons (Fsp3) is 0.362. The first-order valence-electron chi connectivity index (χ1n) is 21.0. The van der Waals surface area contributed by atoms with Crippen LogP contribution in [0.3, 0.4) is 0 Å². The van der Waals surface area contributed by atoms with Crippen LogP contribution in [-0.2, 0) is 50.7 Å². The summed E-state index contributed by atoms with van der Waals surface area (Å²) in [4.78, 5) is 11.8. The Hall–Kier alpha value is -5.01. The second kappa shape index (κ2) is 19.2. The Morgan fingerprint density at radius 3 is 2.17 bits per heavy atom. The third-order valence-electron chi connectivity index (χ3n) is 12.3. The van der Waals surface area contributed by atoms with Gasteiger partial charge in [-0.25, -0.2) is 25.3 Å². The van der Waals surface area contributed by atoms with Gasteiger partial charge in [0.1, 0.15) is 26.8 Å². The normalized spacial score (nSPS) is 20.0. The molecule has 1 N–H and O–H groups in total. The van der Waals surface area contributed by atoms with Crippen LogP contribution in [0.2, 0.25) is 0 Å². The first kappa shape index (κ1) is 48.4. The number of benzene rings is 4. The van der Waals surface area contributed by atoms with E-state index in [1.165, 1.54) is 13.2 Å². The van der Waals surface area contributed by atoms with Crippen LogP contribution in [0.1, 0.15) is 76.8 Å². The minimum Gasteiger partial charge on any atom is -0.748 e. The molecule has 2 aliphatic rings. The van der Waals surface area contributed by atoms with Crippen LogP contribution in [0.4, 0.5) is 11.4 Å². The molecular formula is C47H52N2O12S3-2. The van der Waals surface area contributed by atoms with Crippen molar-refractivity contribution >= 4 is 75.0 Å². The first-order valence-corrected chi connectivity index (χ1v) is 25.4. The highest BCUT2D eigenvalue weighted by molar-refractivity contribution is 7.86. The average molecular weight is 933 g/mol. The molecule has 6 rings (SSSR count). The molecule has 0 spiro atoms. The lowest BCUT2D eigenvalue weighted by atomic mass is 9.75. The monoisotopic (exact) mass is 932 g/mol. The van der Waals surface area contributed by atoms with Crippen LogP contribution in [0.25, 0.3) is 21.5 Å². The molecule has 0 fully saturated rings. The number of hydrogen-bond donors (Lipinski definition) is 1. The third kappa shape index (κ3) is 10.1. The molecule has 17 heteroatoms. The van der Waals surface area contributed by atoms with Crippen molar-refractivity contribution in [2.75, 3.05) is 37.5 Å². The van der Waals surface area contributed by atoms with Gasteiger partial charge in [0.2, 0.25) is 5.69 Å². The van der Waals surface area contributed by atoms with Crippen LogP contribution >= 0.6 is 0 Å². The Kier molecular flexibility index (Phi) is 14.5. The fourth-order valence-corrected chi connectivity index (χ4v) is 11.3. The molecule has 2 aliphatic heterocycles. The molecule has 2 unspecified atom stereocenters. The highest BCUT2D eigenvalue weighted by Gasteiger charge is 2.49. The molecule has 0 saturated heterocycles. The summed E-state index contributed by atoms with van der Waals surface area (Å²) < 4.78 is 117. The molecule has 0 saturated carbocycles. The predicted octanol–water partition coefficient (Wildman–Crippen LogP) is 7.51. The number of rotatable bonds is 20. The van der Waals surface area contributed by atoms with Gasteiger partial charge in [0.05, 0.1) is 25.3 Å². The van der Waals surface area contributed by atoms with Gasteiger partial charge in [-0.3, -0.25) is 4.79 Å². The van der Waals surface area contributed by atoms with E-state index in [1.54, 1.807) is 6.07 Å². The Bertz CT molecular complexity index is 2970. The Balaban J connectivity index is 1.40. The van der Waals surface area contributed by atoms with E-state index in [4.69, 9.17) is 4.74 Å². The zero-order chi connectivity index (χ0) is 46.7. The number of carboxylic acid groups (broad SMARTS) is 1. The number of carboxylic acids is 1. The maximum Gasteiger partial charge on any atom is 0.303 e. The van der Waals surface area contributed by atoms with Crippen molar-refractivity contribution in [2.24, 2.45) is 0 Å². The summed E-state index contributed by atoms with van der Waals surface area (Å²) in [7, 11) is -13.3. The smallest absolute Gasteiger partial charge is 0.303 e. The average Bonchev–Trinajstić information content (AvgIpc) is 3.61. The van der Waals surface area contributed by atoms with Crippen LogP contribution in [0.15, 0.2) is 119 Å². The highest BCUT2D eigenvalue weighted by Crippen LogP contribution is 2.53. The van der Waals surface area contributed by atoms with Gasteiger partial charge in [0, 0.05) is 78.7 Å². The Morgan fingerprint density at radius 1 is 0.781 bits per heavy atom. The van der Waals surface area contributed by atoms with Crippen molar-refractivity contribution in [1.29, 1.82) is 0 Å². The quantitative estimate of drug-likeness (QED) is 0.0392. The summed E-state index contributed by atoms with van der Waals surface area (Å²) in [5.41, 5.74) is 3.36. The number of methoxy groups -OCH3 is 1. The second-order valence-electron chi connectivity index (χ2n) is 16.5. The van der Waals surface area contributed by atoms with E-state index in [-0.39, 0.29) is 30.2 Å². The molecule has 0 aliphatic carbocycles. The number of hydrogen-bond acceptors (Lipinski definition) is 12. The molecule has 14 nitrogen and oxygen atoms in total. The zero-order valence-electron chi connectivity index (χ0n) is 36.2. The number of anilines is 1. The largest absolute Gasteiger partial charge is 0.748 e. The van der Waals surface area contributed by atoms with Gasteiger partial charge in [0.25, 0.3) is 0 Å². The topological polar surface area (TPSA) is 224 Å². The van der Waals surface area contributed by atoms with Gasteiger partial charge < -0.3 is 28.4 Å². The van der Waals surface area contributed by atoms with Gasteiger partial charge in [-0.15, -0.1) is 0 Å². The number of ether oxygens (including phenoxy) is 1. The molecule has 0 radical (unpaired) electrons. The molecule has 4 aromatic rings. The van der Waals surface area contributed by atoms with Crippen molar-refractivity contribution in [1.82, 2.24) is 0 Å². The van der Waals surface area contributed by atoms with E-state index < -0.39 is 62.7 Å².